The van der Waals surface area contributed by atoms with Gasteiger partial charge in [-0.05, 0) is 31.5 Å². The van der Waals surface area contributed by atoms with Crippen LogP contribution in [-0.2, 0) is 27.8 Å². The van der Waals surface area contributed by atoms with Gasteiger partial charge in [-0.3, -0.25) is 4.90 Å². The zero-order valence-electron chi connectivity index (χ0n) is 15.6. The summed E-state index contributed by atoms with van der Waals surface area (Å²) >= 11 is 0. The highest BCUT2D eigenvalue weighted by atomic mass is 32.2. The van der Waals surface area contributed by atoms with Gasteiger partial charge in [-0.1, -0.05) is 0 Å². The van der Waals surface area contributed by atoms with E-state index in [2.05, 4.69) is 10.00 Å². The minimum atomic E-state index is -3.48. The van der Waals surface area contributed by atoms with Gasteiger partial charge in [-0.2, -0.15) is 9.19 Å². The van der Waals surface area contributed by atoms with Crippen molar-refractivity contribution in [3.05, 3.63) is 52.3 Å². The fourth-order valence-corrected chi connectivity index (χ4v) is 4.92. The van der Waals surface area contributed by atoms with Crippen LogP contribution in [0, 0.1) is 18.6 Å². The average Bonchev–Trinajstić information content (AvgIpc) is 3.17. The number of hydrogen-bond acceptors (Lipinski definition) is 6. The maximum atomic E-state index is 14.1. The van der Waals surface area contributed by atoms with Crippen LogP contribution < -0.4 is 5.73 Å². The largest absolute Gasteiger partial charge is 0.370 e. The van der Waals surface area contributed by atoms with Gasteiger partial charge in [0.2, 0.25) is 0 Å². The SMILES string of the molecule is Cc1nn(S(C)(=O)=O)c2c1CN([C@H]1CO[C@H](c3cc(F)ccc3F)[C@@H](N)C1)C2. The molecule has 10 heteroatoms. The van der Waals surface area contributed by atoms with E-state index in [9.17, 15) is 17.2 Å². The van der Waals surface area contributed by atoms with Gasteiger partial charge < -0.3 is 10.5 Å². The minimum Gasteiger partial charge on any atom is -0.370 e. The summed E-state index contributed by atoms with van der Waals surface area (Å²) in [6.07, 6.45) is 0.932. The lowest BCUT2D eigenvalue weighted by molar-refractivity contribution is -0.0533. The van der Waals surface area contributed by atoms with Crippen LogP contribution in [0.2, 0.25) is 0 Å². The molecule has 0 saturated carbocycles. The molecule has 0 bridgehead atoms. The molecule has 28 heavy (non-hydrogen) atoms. The molecule has 3 atom stereocenters. The van der Waals surface area contributed by atoms with E-state index >= 15 is 0 Å². The van der Waals surface area contributed by atoms with Crippen LogP contribution in [-0.4, -0.2) is 47.4 Å². The molecule has 0 aliphatic carbocycles. The van der Waals surface area contributed by atoms with Crippen LogP contribution in [0.4, 0.5) is 8.78 Å². The second kappa shape index (κ2) is 6.87. The molecular formula is C18H22F2N4O3S. The van der Waals surface area contributed by atoms with Crippen molar-refractivity contribution in [2.45, 2.75) is 44.6 Å². The van der Waals surface area contributed by atoms with Gasteiger partial charge in [0, 0.05) is 36.3 Å². The van der Waals surface area contributed by atoms with Crippen molar-refractivity contribution < 1.29 is 21.9 Å². The highest BCUT2D eigenvalue weighted by molar-refractivity contribution is 7.89. The Kier molecular flexibility index (Phi) is 4.77. The number of rotatable bonds is 3. The van der Waals surface area contributed by atoms with Gasteiger partial charge in [-0.25, -0.2) is 17.2 Å². The van der Waals surface area contributed by atoms with Crippen LogP contribution in [0.1, 0.15) is 35.0 Å². The van der Waals surface area contributed by atoms with Crippen molar-refractivity contribution in [2.24, 2.45) is 5.73 Å². The zero-order chi connectivity index (χ0) is 20.2. The summed E-state index contributed by atoms with van der Waals surface area (Å²) in [5, 5.41) is 4.14. The summed E-state index contributed by atoms with van der Waals surface area (Å²) in [7, 11) is -3.48. The Labute approximate surface area is 162 Å². The smallest absolute Gasteiger partial charge is 0.251 e. The number of nitrogens with zero attached hydrogens (tertiary/aromatic N) is 3. The first-order valence-corrected chi connectivity index (χ1v) is 10.8. The van der Waals surface area contributed by atoms with E-state index in [0.29, 0.717) is 37.5 Å². The zero-order valence-corrected chi connectivity index (χ0v) is 16.4. The van der Waals surface area contributed by atoms with Crippen molar-refractivity contribution >= 4 is 10.0 Å². The molecule has 0 radical (unpaired) electrons. The van der Waals surface area contributed by atoms with Crippen molar-refractivity contribution in [1.29, 1.82) is 0 Å². The van der Waals surface area contributed by atoms with Crippen LogP contribution in [0.25, 0.3) is 0 Å². The number of aromatic nitrogens is 2. The van der Waals surface area contributed by atoms with E-state index in [1.165, 1.54) is 0 Å². The van der Waals surface area contributed by atoms with E-state index in [0.717, 1.165) is 34.1 Å². The van der Waals surface area contributed by atoms with E-state index < -0.39 is 33.8 Å². The number of hydrogen-bond donors (Lipinski definition) is 1. The third kappa shape index (κ3) is 3.34. The Bertz CT molecular complexity index is 1020. The summed E-state index contributed by atoms with van der Waals surface area (Å²) in [6, 6.07) is 2.69. The average molecular weight is 412 g/mol. The van der Waals surface area contributed by atoms with E-state index in [-0.39, 0.29) is 11.6 Å². The Hall–Kier alpha value is -1.88. The summed E-state index contributed by atoms with van der Waals surface area (Å²) in [5.74, 6) is -1.08. The number of ether oxygens (including phenoxy) is 1. The van der Waals surface area contributed by atoms with Gasteiger partial charge >= 0.3 is 0 Å². The molecule has 2 aliphatic heterocycles. The van der Waals surface area contributed by atoms with E-state index in [4.69, 9.17) is 10.5 Å². The van der Waals surface area contributed by atoms with Gasteiger partial charge in [0.15, 0.2) is 0 Å². The Morgan fingerprint density at radius 2 is 2.04 bits per heavy atom. The second-order valence-corrected chi connectivity index (χ2v) is 9.31. The summed E-state index contributed by atoms with van der Waals surface area (Å²) < 4.78 is 58.5. The number of fused-ring (bicyclic) bond motifs is 1. The molecule has 1 aromatic carbocycles. The molecule has 7 nitrogen and oxygen atoms in total. The van der Waals surface area contributed by atoms with Crippen LogP contribution in [0.5, 0.6) is 0 Å². The molecule has 0 spiro atoms. The fourth-order valence-electron chi connectivity index (χ4n) is 4.08. The van der Waals surface area contributed by atoms with Crippen molar-refractivity contribution in [2.75, 3.05) is 12.9 Å². The Morgan fingerprint density at radius 3 is 2.71 bits per heavy atom. The Balaban J connectivity index is 1.50. The maximum absolute atomic E-state index is 14.1. The monoisotopic (exact) mass is 412 g/mol. The molecule has 152 valence electrons. The molecule has 3 heterocycles. The molecule has 2 aromatic rings. The quantitative estimate of drug-likeness (QED) is 0.821. The molecule has 1 fully saturated rings. The summed E-state index contributed by atoms with van der Waals surface area (Å²) in [6.45, 7) is 3.05. The molecule has 2 aliphatic rings. The predicted molar refractivity (Wildman–Crippen MR) is 97.9 cm³/mol. The summed E-state index contributed by atoms with van der Waals surface area (Å²) in [5.41, 5.74) is 8.61. The molecule has 1 saturated heterocycles. The van der Waals surface area contributed by atoms with Crippen LogP contribution >= 0.6 is 0 Å². The third-order valence-electron chi connectivity index (χ3n) is 5.47. The van der Waals surface area contributed by atoms with E-state index in [1.807, 2.05) is 0 Å². The van der Waals surface area contributed by atoms with Gasteiger partial charge in [0.25, 0.3) is 10.0 Å². The lowest BCUT2D eigenvalue weighted by atomic mass is 9.93. The molecule has 2 N–H and O–H groups in total. The van der Waals surface area contributed by atoms with Crippen molar-refractivity contribution in [1.82, 2.24) is 14.1 Å². The molecule has 4 rings (SSSR count). The minimum absolute atomic E-state index is 0.0531. The topological polar surface area (TPSA) is 90.5 Å². The highest BCUT2D eigenvalue weighted by Crippen LogP contribution is 2.35. The number of nitrogens with two attached hydrogens (primary N) is 1. The van der Waals surface area contributed by atoms with Crippen LogP contribution in [0.3, 0.4) is 0 Å². The third-order valence-corrected chi connectivity index (χ3v) is 6.40. The van der Waals surface area contributed by atoms with Gasteiger partial charge in [0.1, 0.15) is 17.7 Å². The Morgan fingerprint density at radius 1 is 1.29 bits per heavy atom. The van der Waals surface area contributed by atoms with Crippen molar-refractivity contribution in [3.63, 3.8) is 0 Å². The number of halogens is 2. The normalized spacial score (nSPS) is 25.8. The first-order valence-electron chi connectivity index (χ1n) is 8.99. The molecule has 0 unspecified atom stereocenters. The standard InChI is InChI=1S/C18H22F2N4O3S/c1-10-14-7-23(8-17(14)24(22-10)28(2,25)26)12-6-16(21)18(27-9-12)13-5-11(19)3-4-15(13)20/h3-5,12,16,18H,6-9,21H2,1-2H3/t12-,16+,18-/m1/s1. The lowest BCUT2D eigenvalue weighted by Gasteiger charge is -2.38. The van der Waals surface area contributed by atoms with Gasteiger partial charge in [-0.15, -0.1) is 0 Å². The lowest BCUT2D eigenvalue weighted by Crippen LogP contribution is -2.48. The summed E-state index contributed by atoms with van der Waals surface area (Å²) in [4.78, 5) is 2.10. The number of benzene rings is 1. The molecular weight excluding hydrogens is 390 g/mol. The maximum Gasteiger partial charge on any atom is 0.251 e. The predicted octanol–water partition coefficient (Wildman–Crippen LogP) is 1.45. The second-order valence-electron chi connectivity index (χ2n) is 7.49. The first kappa shape index (κ1) is 19.4. The van der Waals surface area contributed by atoms with Crippen molar-refractivity contribution in [3.8, 4) is 0 Å². The molecule has 0 amide bonds. The number of aryl methyl sites for hydroxylation is 1. The molecule has 1 aromatic heterocycles. The van der Waals surface area contributed by atoms with Crippen LogP contribution in [0.15, 0.2) is 18.2 Å². The first-order chi connectivity index (χ1) is 13.1. The van der Waals surface area contributed by atoms with E-state index in [1.54, 1.807) is 6.92 Å². The van der Waals surface area contributed by atoms with Gasteiger partial charge in [0.05, 0.1) is 24.3 Å². The highest BCUT2D eigenvalue weighted by Gasteiger charge is 2.38. The fraction of sp³-hybridized carbons (Fsp3) is 0.500.